The predicted octanol–water partition coefficient (Wildman–Crippen LogP) is 1.51. The van der Waals surface area contributed by atoms with Gasteiger partial charge < -0.3 is 10.0 Å². The molecule has 1 aliphatic rings. The Kier molecular flexibility index (Phi) is 5.73. The van der Waals surface area contributed by atoms with Gasteiger partial charge in [-0.1, -0.05) is 36.1 Å². The van der Waals surface area contributed by atoms with Gasteiger partial charge in [-0.2, -0.15) is 0 Å². The van der Waals surface area contributed by atoms with Gasteiger partial charge in [-0.3, -0.25) is 18.9 Å². The summed E-state index contributed by atoms with van der Waals surface area (Å²) in [5.74, 6) is 0.132. The van der Waals surface area contributed by atoms with Crippen LogP contribution in [0.15, 0.2) is 46.8 Å². The van der Waals surface area contributed by atoms with Gasteiger partial charge in [0.25, 0.3) is 11.5 Å². The van der Waals surface area contributed by atoms with Crippen molar-refractivity contribution in [2.45, 2.75) is 0 Å². The van der Waals surface area contributed by atoms with Crippen LogP contribution in [0.4, 0.5) is 5.82 Å². The maximum Gasteiger partial charge on any atom is 0.267 e. The van der Waals surface area contributed by atoms with Gasteiger partial charge in [0.05, 0.1) is 17.1 Å². The smallest absolute Gasteiger partial charge is 0.267 e. The molecule has 0 radical (unpaired) electrons. The quantitative estimate of drug-likeness (QED) is 0.446. The highest BCUT2D eigenvalue weighted by molar-refractivity contribution is 8.26. The molecule has 27 heavy (non-hydrogen) atoms. The molecule has 1 fully saturated rings. The molecule has 1 saturated heterocycles. The number of amides is 1. The van der Waals surface area contributed by atoms with Gasteiger partial charge in [-0.25, -0.2) is 4.98 Å². The summed E-state index contributed by atoms with van der Waals surface area (Å²) < 4.78 is 1.84. The first-order chi connectivity index (χ1) is 13.0. The monoisotopic (exact) mass is 402 g/mol. The van der Waals surface area contributed by atoms with Gasteiger partial charge >= 0.3 is 0 Å². The molecule has 9 heteroatoms. The van der Waals surface area contributed by atoms with E-state index in [1.165, 1.54) is 15.4 Å². The number of carbonyl (C=O) groups is 1. The van der Waals surface area contributed by atoms with E-state index in [4.69, 9.17) is 12.2 Å². The summed E-state index contributed by atoms with van der Waals surface area (Å²) in [5.41, 5.74) is 0.460. The Morgan fingerprint density at radius 3 is 2.89 bits per heavy atom. The third-order valence-electron chi connectivity index (χ3n) is 4.01. The van der Waals surface area contributed by atoms with Gasteiger partial charge in [-0.05, 0) is 18.2 Å². The van der Waals surface area contributed by atoms with Crippen LogP contribution >= 0.6 is 24.0 Å². The molecule has 3 rings (SSSR count). The van der Waals surface area contributed by atoms with Crippen LogP contribution in [-0.4, -0.2) is 56.4 Å². The molecule has 2 aromatic heterocycles. The Bertz CT molecular complexity index is 1020. The highest BCUT2D eigenvalue weighted by Crippen LogP contribution is 2.33. The minimum absolute atomic E-state index is 0.0900. The summed E-state index contributed by atoms with van der Waals surface area (Å²) in [4.78, 5) is 33.7. The van der Waals surface area contributed by atoms with E-state index in [-0.39, 0.29) is 23.6 Å². The summed E-state index contributed by atoms with van der Waals surface area (Å²) in [6.45, 7) is 4.16. The lowest BCUT2D eigenvalue weighted by molar-refractivity contribution is -0.121. The molecule has 0 unspecified atom stereocenters. The summed E-state index contributed by atoms with van der Waals surface area (Å²) >= 11 is 6.39. The van der Waals surface area contributed by atoms with E-state index in [0.717, 1.165) is 11.8 Å². The first kappa shape index (κ1) is 19.3. The second-order valence-electron chi connectivity index (χ2n) is 5.81. The van der Waals surface area contributed by atoms with E-state index >= 15 is 0 Å². The number of aromatic nitrogens is 2. The zero-order valence-electron chi connectivity index (χ0n) is 14.7. The first-order valence-corrected chi connectivity index (χ1v) is 9.40. The largest absolute Gasteiger partial charge is 0.395 e. The molecule has 140 valence electrons. The number of fused-ring (bicyclic) bond motifs is 1. The maximum absolute atomic E-state index is 13.0. The highest BCUT2D eigenvalue weighted by atomic mass is 32.2. The molecule has 1 N–H and O–H groups in total. The molecule has 0 bridgehead atoms. The number of carbonyl (C=O) groups excluding carboxylic acids is 1. The van der Waals surface area contributed by atoms with E-state index in [1.807, 2.05) is 0 Å². The molecule has 3 heterocycles. The molecule has 1 amide bonds. The Balaban J connectivity index is 2.18. The van der Waals surface area contributed by atoms with Crippen LogP contribution in [0.2, 0.25) is 0 Å². The highest BCUT2D eigenvalue weighted by Gasteiger charge is 2.32. The molecule has 1 aliphatic heterocycles. The van der Waals surface area contributed by atoms with Gasteiger partial charge in [0.2, 0.25) is 0 Å². The maximum atomic E-state index is 13.0. The molecule has 0 saturated carbocycles. The number of likely N-dealkylation sites (N-methyl/N-ethyl adjacent to an activating group) is 1. The number of anilines is 1. The van der Waals surface area contributed by atoms with Crippen LogP contribution in [0.1, 0.15) is 5.56 Å². The molecular formula is C18H18N4O3S2. The molecule has 0 aromatic carbocycles. The third kappa shape index (κ3) is 3.66. The second-order valence-corrected chi connectivity index (χ2v) is 7.48. The molecular weight excluding hydrogens is 384 g/mol. The number of thiocarbonyl (C=S) groups is 1. The summed E-state index contributed by atoms with van der Waals surface area (Å²) in [6, 6.07) is 5.25. The van der Waals surface area contributed by atoms with Gasteiger partial charge in [-0.15, -0.1) is 6.58 Å². The van der Waals surface area contributed by atoms with Crippen molar-refractivity contribution >= 4 is 51.7 Å². The molecule has 0 atom stereocenters. The Morgan fingerprint density at radius 1 is 1.41 bits per heavy atom. The number of nitrogens with zero attached hydrogens (tertiary/aromatic N) is 4. The Hall–Kier alpha value is -2.49. The summed E-state index contributed by atoms with van der Waals surface area (Å²) in [5, 5.41) is 9.27. The second kappa shape index (κ2) is 8.03. The molecule has 7 nitrogen and oxygen atoms in total. The van der Waals surface area contributed by atoms with E-state index < -0.39 is 0 Å². The fourth-order valence-corrected chi connectivity index (χ4v) is 3.94. The normalized spacial score (nSPS) is 15.8. The van der Waals surface area contributed by atoms with Crippen molar-refractivity contribution in [3.63, 3.8) is 0 Å². The zero-order chi connectivity index (χ0) is 19.6. The van der Waals surface area contributed by atoms with Crippen LogP contribution < -0.4 is 10.5 Å². The first-order valence-electron chi connectivity index (χ1n) is 8.17. The van der Waals surface area contributed by atoms with Crippen LogP contribution in [0.3, 0.4) is 0 Å². The Labute approximate surface area is 165 Å². The van der Waals surface area contributed by atoms with Crippen LogP contribution in [0.5, 0.6) is 0 Å². The summed E-state index contributed by atoms with van der Waals surface area (Å²) in [7, 11) is 1.73. The number of thioether (sulfide) groups is 1. The van der Waals surface area contributed by atoms with Crippen LogP contribution in [-0.2, 0) is 4.79 Å². The number of hydrogen-bond donors (Lipinski definition) is 1. The number of hydrogen-bond acceptors (Lipinski definition) is 7. The van der Waals surface area contributed by atoms with Crippen molar-refractivity contribution in [3.05, 3.63) is 57.9 Å². The minimum Gasteiger partial charge on any atom is -0.395 e. The van der Waals surface area contributed by atoms with Crippen molar-refractivity contribution in [2.24, 2.45) is 0 Å². The van der Waals surface area contributed by atoms with Gasteiger partial charge in [0.1, 0.15) is 15.8 Å². The number of aliphatic hydroxyl groups is 1. The minimum atomic E-state index is -0.297. The van der Waals surface area contributed by atoms with Crippen molar-refractivity contribution in [1.82, 2.24) is 14.3 Å². The molecule has 2 aromatic rings. The van der Waals surface area contributed by atoms with Crippen LogP contribution in [0.25, 0.3) is 11.7 Å². The topological polar surface area (TPSA) is 78.2 Å². The van der Waals surface area contributed by atoms with Crippen molar-refractivity contribution in [2.75, 3.05) is 31.6 Å². The number of pyridine rings is 1. The third-order valence-corrected chi connectivity index (χ3v) is 5.38. The average molecular weight is 403 g/mol. The SMILES string of the molecule is C=CCN1C(=O)/C(=C/c2c(N(C)CCO)nc3ccccn3c2=O)SC1=S. The van der Waals surface area contributed by atoms with E-state index in [2.05, 4.69) is 11.6 Å². The lowest BCUT2D eigenvalue weighted by atomic mass is 10.2. The lowest BCUT2D eigenvalue weighted by Gasteiger charge is -2.19. The fraction of sp³-hybridized carbons (Fsp3) is 0.222. The number of rotatable bonds is 6. The van der Waals surface area contributed by atoms with E-state index in [9.17, 15) is 14.7 Å². The Morgan fingerprint density at radius 2 is 2.19 bits per heavy atom. The fourth-order valence-electron chi connectivity index (χ4n) is 2.68. The summed E-state index contributed by atoms with van der Waals surface area (Å²) in [6.07, 6.45) is 4.75. The number of aliphatic hydroxyl groups excluding tert-OH is 1. The molecule has 0 spiro atoms. The van der Waals surface area contributed by atoms with Crippen molar-refractivity contribution in [1.29, 1.82) is 0 Å². The standard InChI is InChI=1S/C18H18N4O3S2/c1-3-7-22-17(25)13(27-18(22)26)11-12-15(20(2)9-10-23)19-14-6-4-5-8-21(14)16(12)24/h3-6,8,11,23H,1,7,9-10H2,2H3/b13-11-. The van der Waals surface area contributed by atoms with Gasteiger partial charge in [0, 0.05) is 26.3 Å². The molecule has 0 aliphatic carbocycles. The van der Waals surface area contributed by atoms with E-state index in [1.54, 1.807) is 42.4 Å². The average Bonchev–Trinajstić information content (AvgIpc) is 2.92. The van der Waals surface area contributed by atoms with E-state index in [0.29, 0.717) is 33.8 Å². The van der Waals surface area contributed by atoms with Gasteiger partial charge in [0.15, 0.2) is 0 Å². The van der Waals surface area contributed by atoms with Crippen molar-refractivity contribution in [3.8, 4) is 0 Å². The lowest BCUT2D eigenvalue weighted by Crippen LogP contribution is -2.29. The van der Waals surface area contributed by atoms with Crippen molar-refractivity contribution < 1.29 is 9.90 Å². The zero-order valence-corrected chi connectivity index (χ0v) is 16.3. The van der Waals surface area contributed by atoms with Crippen LogP contribution in [0, 0.1) is 0 Å². The predicted molar refractivity (Wildman–Crippen MR) is 112 cm³/mol.